The maximum absolute atomic E-state index is 14.0. The van der Waals surface area contributed by atoms with Crippen molar-refractivity contribution in [1.29, 1.82) is 0 Å². The summed E-state index contributed by atoms with van der Waals surface area (Å²) in [5.74, 6) is 0.900. The highest BCUT2D eigenvalue weighted by Crippen LogP contribution is 2.21. The zero-order chi connectivity index (χ0) is 21.6. The van der Waals surface area contributed by atoms with Gasteiger partial charge in [-0.15, -0.1) is 0 Å². The summed E-state index contributed by atoms with van der Waals surface area (Å²) in [4.78, 5) is 10.5. The molecule has 30 heavy (non-hydrogen) atoms. The molecule has 1 aromatic carbocycles. The Labute approximate surface area is 179 Å². The highest BCUT2D eigenvalue weighted by Gasteiger charge is 2.27. The molecule has 1 aromatic heterocycles. The van der Waals surface area contributed by atoms with Crippen LogP contribution >= 0.6 is 0 Å². The molecule has 2 aromatic rings. The topological polar surface area (TPSA) is 64.6 Å². The Morgan fingerprint density at radius 3 is 2.73 bits per heavy atom. The van der Waals surface area contributed by atoms with E-state index in [1.807, 2.05) is 11.0 Å². The molecule has 0 radical (unpaired) electrons. The van der Waals surface area contributed by atoms with Crippen LogP contribution in [-0.4, -0.2) is 49.2 Å². The van der Waals surface area contributed by atoms with Gasteiger partial charge >= 0.3 is 0 Å². The third kappa shape index (κ3) is 5.92. The summed E-state index contributed by atoms with van der Waals surface area (Å²) in [6.07, 6.45) is 2.54. The third-order valence-electron chi connectivity index (χ3n) is 5.40. The molecule has 1 saturated heterocycles. The molecular weight excluding hydrogens is 379 g/mol. The quantitative estimate of drug-likeness (QED) is 0.482. The third-order valence-corrected chi connectivity index (χ3v) is 5.40. The van der Waals surface area contributed by atoms with Gasteiger partial charge in [0.15, 0.2) is 17.6 Å². The van der Waals surface area contributed by atoms with E-state index in [1.54, 1.807) is 19.3 Å². The number of nitrogens with one attached hydrogen (secondary N) is 3. The van der Waals surface area contributed by atoms with E-state index in [4.69, 9.17) is 0 Å². The lowest BCUT2D eigenvalue weighted by Crippen LogP contribution is -2.53. The standard InChI is InChI=1S/C23H33FN6/c1-17(18-9-6-5-7-10-18)29-23(2,3)16-27-22(25-4)28-19-12-14-30(15-19)21-20(24)11-8-13-26-21/h5-11,13,17,19,29H,12,14-16H2,1-4H3,(H2,25,27,28). The Balaban J connectivity index is 1.49. The van der Waals surface area contributed by atoms with Crippen LogP contribution in [0.25, 0.3) is 0 Å². The molecule has 0 spiro atoms. The van der Waals surface area contributed by atoms with Gasteiger partial charge in [-0.2, -0.15) is 0 Å². The van der Waals surface area contributed by atoms with E-state index in [2.05, 4.69) is 71.0 Å². The van der Waals surface area contributed by atoms with Crippen LogP contribution < -0.4 is 20.9 Å². The number of nitrogens with zero attached hydrogens (tertiary/aromatic N) is 3. The fourth-order valence-electron chi connectivity index (χ4n) is 3.84. The Bertz CT molecular complexity index is 839. The zero-order valence-corrected chi connectivity index (χ0v) is 18.3. The largest absolute Gasteiger partial charge is 0.355 e. The Morgan fingerprint density at radius 1 is 1.27 bits per heavy atom. The van der Waals surface area contributed by atoms with Crippen LogP contribution in [0.3, 0.4) is 0 Å². The van der Waals surface area contributed by atoms with E-state index in [1.165, 1.54) is 11.6 Å². The first-order valence-corrected chi connectivity index (χ1v) is 10.5. The Morgan fingerprint density at radius 2 is 2.03 bits per heavy atom. The van der Waals surface area contributed by atoms with Gasteiger partial charge in [0.25, 0.3) is 0 Å². The predicted octanol–water partition coefficient (Wildman–Crippen LogP) is 3.09. The van der Waals surface area contributed by atoms with Crippen molar-refractivity contribution < 1.29 is 4.39 Å². The van der Waals surface area contributed by atoms with E-state index >= 15 is 0 Å². The van der Waals surface area contributed by atoms with Crippen molar-refractivity contribution >= 4 is 11.8 Å². The minimum absolute atomic E-state index is 0.133. The van der Waals surface area contributed by atoms with Crippen LogP contribution in [0.2, 0.25) is 0 Å². The molecular formula is C23H33FN6. The van der Waals surface area contributed by atoms with Crippen LogP contribution in [-0.2, 0) is 0 Å². The molecule has 2 atom stereocenters. The summed E-state index contributed by atoms with van der Waals surface area (Å²) < 4.78 is 14.0. The van der Waals surface area contributed by atoms with Gasteiger partial charge in [-0.1, -0.05) is 30.3 Å². The van der Waals surface area contributed by atoms with Crippen LogP contribution in [0.1, 0.15) is 38.8 Å². The molecule has 0 aliphatic carbocycles. The number of aliphatic imine (C=N–C) groups is 1. The molecule has 6 nitrogen and oxygen atoms in total. The second-order valence-corrected chi connectivity index (χ2v) is 8.47. The van der Waals surface area contributed by atoms with Crippen LogP contribution in [0.5, 0.6) is 0 Å². The first-order valence-electron chi connectivity index (χ1n) is 10.5. The minimum atomic E-state index is -0.277. The fraction of sp³-hybridized carbons (Fsp3) is 0.478. The number of anilines is 1. The van der Waals surface area contributed by atoms with E-state index in [-0.39, 0.29) is 23.4 Å². The Hall–Kier alpha value is -2.67. The summed E-state index contributed by atoms with van der Waals surface area (Å²) in [6, 6.07) is 13.9. The summed E-state index contributed by atoms with van der Waals surface area (Å²) >= 11 is 0. The van der Waals surface area contributed by atoms with Crippen LogP contribution in [0.15, 0.2) is 53.7 Å². The van der Waals surface area contributed by atoms with Crippen molar-refractivity contribution in [2.24, 2.45) is 4.99 Å². The molecule has 7 heteroatoms. The highest BCUT2D eigenvalue weighted by atomic mass is 19.1. The molecule has 1 aliphatic rings. The predicted molar refractivity (Wildman–Crippen MR) is 121 cm³/mol. The molecule has 1 fully saturated rings. The molecule has 3 rings (SSSR count). The van der Waals surface area contributed by atoms with Crippen molar-refractivity contribution in [3.63, 3.8) is 0 Å². The van der Waals surface area contributed by atoms with Gasteiger partial charge < -0.3 is 20.9 Å². The number of aromatic nitrogens is 1. The SMILES string of the molecule is CN=C(NCC(C)(C)NC(C)c1ccccc1)NC1CCN(c2ncccc2F)C1. The second kappa shape index (κ2) is 9.89. The number of halogens is 1. The lowest BCUT2D eigenvalue weighted by atomic mass is 10.0. The number of rotatable bonds is 7. The van der Waals surface area contributed by atoms with Crippen molar-refractivity contribution in [1.82, 2.24) is 20.9 Å². The smallest absolute Gasteiger partial charge is 0.191 e. The monoisotopic (exact) mass is 412 g/mol. The first-order chi connectivity index (χ1) is 14.4. The fourth-order valence-corrected chi connectivity index (χ4v) is 3.84. The number of hydrogen-bond donors (Lipinski definition) is 3. The number of pyridine rings is 1. The summed E-state index contributed by atoms with van der Waals surface area (Å²) in [6.45, 7) is 8.70. The zero-order valence-electron chi connectivity index (χ0n) is 18.3. The maximum atomic E-state index is 14.0. The van der Waals surface area contributed by atoms with Gasteiger partial charge in [0.2, 0.25) is 0 Å². The second-order valence-electron chi connectivity index (χ2n) is 8.47. The first kappa shape index (κ1) is 22.0. The van der Waals surface area contributed by atoms with Gasteiger partial charge in [-0.05, 0) is 44.9 Å². The molecule has 1 aliphatic heterocycles. The van der Waals surface area contributed by atoms with Crippen molar-refractivity contribution in [3.05, 3.63) is 60.0 Å². The summed E-state index contributed by atoms with van der Waals surface area (Å²) in [7, 11) is 1.77. The lowest BCUT2D eigenvalue weighted by molar-refractivity contribution is 0.344. The van der Waals surface area contributed by atoms with Crippen molar-refractivity contribution in [2.75, 3.05) is 31.6 Å². The normalized spacial score (nSPS) is 18.4. The maximum Gasteiger partial charge on any atom is 0.191 e. The van der Waals surface area contributed by atoms with Gasteiger partial charge in [-0.25, -0.2) is 9.37 Å². The van der Waals surface area contributed by atoms with Gasteiger partial charge in [0, 0.05) is 50.5 Å². The van der Waals surface area contributed by atoms with E-state index in [9.17, 15) is 4.39 Å². The molecule has 2 unspecified atom stereocenters. The lowest BCUT2D eigenvalue weighted by Gasteiger charge is -2.32. The molecule has 0 amide bonds. The molecule has 162 valence electrons. The van der Waals surface area contributed by atoms with Crippen molar-refractivity contribution in [2.45, 2.75) is 44.8 Å². The molecule has 0 saturated carbocycles. The van der Waals surface area contributed by atoms with Crippen LogP contribution in [0, 0.1) is 5.82 Å². The number of hydrogen-bond acceptors (Lipinski definition) is 4. The minimum Gasteiger partial charge on any atom is -0.355 e. The molecule has 2 heterocycles. The van der Waals surface area contributed by atoms with E-state index in [0.29, 0.717) is 12.4 Å². The van der Waals surface area contributed by atoms with Crippen molar-refractivity contribution in [3.8, 4) is 0 Å². The number of guanidine groups is 1. The number of benzene rings is 1. The summed E-state index contributed by atoms with van der Waals surface area (Å²) in [5.41, 5.74) is 1.13. The van der Waals surface area contributed by atoms with Gasteiger partial charge in [0.05, 0.1) is 0 Å². The Kier molecular flexibility index (Phi) is 7.26. The average molecular weight is 413 g/mol. The molecule has 3 N–H and O–H groups in total. The average Bonchev–Trinajstić information content (AvgIpc) is 3.20. The van der Waals surface area contributed by atoms with E-state index in [0.717, 1.165) is 25.5 Å². The van der Waals surface area contributed by atoms with Crippen LogP contribution in [0.4, 0.5) is 10.2 Å². The molecule has 0 bridgehead atoms. The highest BCUT2D eigenvalue weighted by molar-refractivity contribution is 5.80. The summed E-state index contributed by atoms with van der Waals surface area (Å²) in [5, 5.41) is 10.6. The van der Waals surface area contributed by atoms with Gasteiger partial charge in [0.1, 0.15) is 0 Å². The van der Waals surface area contributed by atoms with Gasteiger partial charge in [-0.3, -0.25) is 4.99 Å². The van der Waals surface area contributed by atoms with E-state index < -0.39 is 0 Å².